The van der Waals surface area contributed by atoms with E-state index in [2.05, 4.69) is 9.93 Å². The Balaban J connectivity index is 2.66. The third-order valence-corrected chi connectivity index (χ3v) is 3.51. The quantitative estimate of drug-likeness (QED) is 0.612. The van der Waals surface area contributed by atoms with Gasteiger partial charge in [-0.3, -0.25) is 0 Å². The molecule has 0 spiro atoms. The van der Waals surface area contributed by atoms with E-state index >= 15 is 0 Å². The van der Waals surface area contributed by atoms with Crippen LogP contribution in [-0.4, -0.2) is 25.0 Å². The first-order chi connectivity index (χ1) is 7.42. The van der Waals surface area contributed by atoms with Gasteiger partial charge in [-0.1, -0.05) is 0 Å². The lowest BCUT2D eigenvalue weighted by Gasteiger charge is -2.05. The first-order valence-corrected chi connectivity index (χ1v) is 6.29. The fraction of sp³-hybridized carbons (Fsp3) is 0.300. The summed E-state index contributed by atoms with van der Waals surface area (Å²) in [4.78, 5) is 2.10. The van der Waals surface area contributed by atoms with E-state index in [-0.39, 0.29) is 5.75 Å². The molecule has 0 aliphatic rings. The summed E-state index contributed by atoms with van der Waals surface area (Å²) in [5.41, 5.74) is 0.698. The molecule has 0 saturated carbocycles. The third-order valence-electron chi connectivity index (χ3n) is 1.91. The Labute approximate surface area is 94.9 Å². The van der Waals surface area contributed by atoms with Gasteiger partial charge in [-0.25, -0.2) is 13.2 Å². The second-order valence-electron chi connectivity index (χ2n) is 3.53. The Morgan fingerprint density at radius 2 is 1.88 bits per heavy atom. The molecule has 2 N–H and O–H groups in total. The Bertz CT molecular complexity index is 463. The van der Waals surface area contributed by atoms with Gasteiger partial charge in [-0.2, -0.15) is 5.10 Å². The fourth-order valence-electron chi connectivity index (χ4n) is 0.840. The van der Waals surface area contributed by atoms with E-state index < -0.39 is 15.3 Å². The molecule has 0 bridgehead atoms. The molecule has 16 heavy (non-hydrogen) atoms. The second kappa shape index (κ2) is 4.98. The van der Waals surface area contributed by atoms with Crippen LogP contribution < -0.4 is 4.83 Å². The molecule has 0 fully saturated rings. The summed E-state index contributed by atoms with van der Waals surface area (Å²) in [5.74, 6) is 0.153. The average Bonchev–Trinajstić information content (AvgIpc) is 2.20. The van der Waals surface area contributed by atoms with Gasteiger partial charge in [-0.15, -0.1) is 0 Å². The van der Waals surface area contributed by atoms with Crippen molar-refractivity contribution in [2.45, 2.75) is 19.1 Å². The standard InChI is InChI=1S/C10H14N2O3S/c1-8(2)16(14,15)12-11-7-9-3-5-10(13)6-4-9/h3-8,12-13H,1-2H3. The number of sulfonamides is 1. The van der Waals surface area contributed by atoms with Crippen LogP contribution in [0.3, 0.4) is 0 Å². The number of phenolic OH excluding ortho intramolecular Hbond substituents is 1. The summed E-state index contributed by atoms with van der Waals surface area (Å²) >= 11 is 0. The number of benzene rings is 1. The molecule has 88 valence electrons. The largest absolute Gasteiger partial charge is 0.508 e. The molecule has 0 aromatic heterocycles. The van der Waals surface area contributed by atoms with Crippen molar-refractivity contribution >= 4 is 16.2 Å². The summed E-state index contributed by atoms with van der Waals surface area (Å²) in [5, 5.41) is 12.1. The van der Waals surface area contributed by atoms with Gasteiger partial charge in [0.1, 0.15) is 5.75 Å². The van der Waals surface area contributed by atoms with Crippen molar-refractivity contribution in [3.05, 3.63) is 29.8 Å². The van der Waals surface area contributed by atoms with Crippen molar-refractivity contribution in [1.29, 1.82) is 0 Å². The maximum Gasteiger partial charge on any atom is 0.249 e. The minimum Gasteiger partial charge on any atom is -0.508 e. The zero-order valence-corrected chi connectivity index (χ0v) is 9.90. The van der Waals surface area contributed by atoms with Crippen molar-refractivity contribution in [2.24, 2.45) is 5.10 Å². The van der Waals surface area contributed by atoms with E-state index in [1.807, 2.05) is 0 Å². The van der Waals surface area contributed by atoms with Crippen LogP contribution in [-0.2, 0) is 10.0 Å². The number of phenols is 1. The molecule has 1 aromatic carbocycles. The van der Waals surface area contributed by atoms with Crippen LogP contribution in [0.5, 0.6) is 5.75 Å². The molecular weight excluding hydrogens is 228 g/mol. The highest BCUT2D eigenvalue weighted by Gasteiger charge is 2.13. The van der Waals surface area contributed by atoms with Gasteiger partial charge in [0.15, 0.2) is 0 Å². The molecule has 1 rings (SSSR count). The van der Waals surface area contributed by atoms with Crippen molar-refractivity contribution in [3.63, 3.8) is 0 Å². The van der Waals surface area contributed by atoms with E-state index in [9.17, 15) is 8.42 Å². The normalized spacial score (nSPS) is 12.2. The maximum atomic E-state index is 11.3. The lowest BCUT2D eigenvalue weighted by atomic mass is 10.2. The van der Waals surface area contributed by atoms with Crippen LogP contribution in [0.1, 0.15) is 19.4 Å². The molecule has 5 nitrogen and oxygen atoms in total. The second-order valence-corrected chi connectivity index (χ2v) is 5.75. The van der Waals surface area contributed by atoms with Crippen LogP contribution in [0, 0.1) is 0 Å². The van der Waals surface area contributed by atoms with E-state index in [1.165, 1.54) is 18.3 Å². The van der Waals surface area contributed by atoms with Gasteiger partial charge >= 0.3 is 0 Å². The topological polar surface area (TPSA) is 78.8 Å². The highest BCUT2D eigenvalue weighted by atomic mass is 32.2. The van der Waals surface area contributed by atoms with Crippen LogP contribution >= 0.6 is 0 Å². The molecule has 0 unspecified atom stereocenters. The minimum atomic E-state index is -3.37. The summed E-state index contributed by atoms with van der Waals surface area (Å²) in [6.07, 6.45) is 1.37. The fourth-order valence-corrected chi connectivity index (χ4v) is 1.25. The van der Waals surface area contributed by atoms with Crippen molar-refractivity contribution in [1.82, 2.24) is 4.83 Å². The van der Waals surface area contributed by atoms with E-state index in [0.717, 1.165) is 0 Å². The number of nitrogens with one attached hydrogen (secondary N) is 1. The number of hydrogen-bond donors (Lipinski definition) is 2. The summed E-state index contributed by atoms with van der Waals surface area (Å²) in [6, 6.07) is 6.25. The molecule has 0 aliphatic heterocycles. The highest BCUT2D eigenvalue weighted by molar-refractivity contribution is 7.90. The number of hydrazone groups is 1. The first-order valence-electron chi connectivity index (χ1n) is 4.74. The number of aromatic hydroxyl groups is 1. The van der Waals surface area contributed by atoms with Gasteiger partial charge in [0.25, 0.3) is 0 Å². The predicted molar refractivity (Wildman–Crippen MR) is 62.9 cm³/mol. The van der Waals surface area contributed by atoms with Crippen molar-refractivity contribution in [2.75, 3.05) is 0 Å². The Kier molecular flexibility index (Phi) is 3.89. The molecule has 0 radical (unpaired) electrons. The van der Waals surface area contributed by atoms with Gasteiger partial charge in [0, 0.05) is 0 Å². The maximum absolute atomic E-state index is 11.3. The van der Waals surface area contributed by atoms with Crippen LogP contribution in [0.25, 0.3) is 0 Å². The van der Waals surface area contributed by atoms with Crippen LogP contribution in [0.15, 0.2) is 29.4 Å². The Morgan fingerprint density at radius 1 is 1.31 bits per heavy atom. The zero-order valence-electron chi connectivity index (χ0n) is 9.08. The van der Waals surface area contributed by atoms with Crippen molar-refractivity contribution in [3.8, 4) is 5.75 Å². The molecule has 0 aliphatic carbocycles. The smallest absolute Gasteiger partial charge is 0.249 e. The van der Waals surface area contributed by atoms with Crippen LogP contribution in [0.4, 0.5) is 0 Å². The molecule has 1 aromatic rings. The van der Waals surface area contributed by atoms with E-state index in [1.54, 1.807) is 26.0 Å². The molecule has 0 atom stereocenters. The molecular formula is C10H14N2O3S. The Hall–Kier alpha value is -1.56. The highest BCUT2D eigenvalue weighted by Crippen LogP contribution is 2.07. The molecule has 6 heteroatoms. The predicted octanol–water partition coefficient (Wildman–Crippen LogP) is 1.05. The summed E-state index contributed by atoms with van der Waals surface area (Å²) in [7, 11) is -3.37. The monoisotopic (exact) mass is 242 g/mol. The SMILES string of the molecule is CC(C)S(=O)(=O)NN=Cc1ccc(O)cc1. The molecule has 0 amide bonds. The van der Waals surface area contributed by atoms with Crippen molar-refractivity contribution < 1.29 is 13.5 Å². The zero-order chi connectivity index (χ0) is 12.2. The minimum absolute atomic E-state index is 0.153. The lowest BCUT2D eigenvalue weighted by Crippen LogP contribution is -2.26. The van der Waals surface area contributed by atoms with Gasteiger partial charge < -0.3 is 5.11 Å². The molecule has 0 saturated heterocycles. The van der Waals surface area contributed by atoms with Gasteiger partial charge in [-0.05, 0) is 43.7 Å². The average molecular weight is 242 g/mol. The van der Waals surface area contributed by atoms with Gasteiger partial charge in [0.05, 0.1) is 11.5 Å². The van der Waals surface area contributed by atoms with Crippen LogP contribution in [0.2, 0.25) is 0 Å². The summed E-state index contributed by atoms with van der Waals surface area (Å²) in [6.45, 7) is 3.14. The number of nitrogens with zero attached hydrogens (tertiary/aromatic N) is 1. The number of hydrogen-bond acceptors (Lipinski definition) is 4. The van der Waals surface area contributed by atoms with Gasteiger partial charge in [0.2, 0.25) is 10.0 Å². The third kappa shape index (κ3) is 3.54. The first kappa shape index (κ1) is 12.5. The number of rotatable bonds is 4. The Morgan fingerprint density at radius 3 is 2.38 bits per heavy atom. The van der Waals surface area contributed by atoms with E-state index in [0.29, 0.717) is 5.56 Å². The summed E-state index contributed by atoms with van der Waals surface area (Å²) < 4.78 is 22.6. The van der Waals surface area contributed by atoms with E-state index in [4.69, 9.17) is 5.11 Å². The lowest BCUT2D eigenvalue weighted by molar-refractivity contribution is 0.475. The molecule has 0 heterocycles.